The number of phenolic OH excluding ortho intramolecular Hbond substituents is 1. The normalized spacial score (nSPS) is 11.5. The minimum atomic E-state index is 0.00115. The fourth-order valence-electron chi connectivity index (χ4n) is 1.99. The number of nitrogens with zero attached hydrogens (tertiary/aromatic N) is 4. The van der Waals surface area contributed by atoms with E-state index < -0.39 is 0 Å². The quantitative estimate of drug-likeness (QED) is 0.586. The number of oxazole rings is 1. The van der Waals surface area contributed by atoms with E-state index in [4.69, 9.17) is 9.15 Å². The lowest BCUT2D eigenvalue weighted by Crippen LogP contribution is -1.82. The van der Waals surface area contributed by atoms with E-state index in [1.54, 1.807) is 16.8 Å². The van der Waals surface area contributed by atoms with Gasteiger partial charge in [-0.15, -0.1) is 5.10 Å². The minimum Gasteiger partial charge on any atom is -0.505 e. The molecular weight excluding hydrogens is 360 g/mol. The van der Waals surface area contributed by atoms with Gasteiger partial charge in [-0.1, -0.05) is 11.3 Å². The molecule has 0 radical (unpaired) electrons. The number of halogens is 1. The molecule has 106 valence electrons. The van der Waals surface area contributed by atoms with E-state index in [1.807, 2.05) is 0 Å². The first-order chi connectivity index (χ1) is 10.1. The van der Waals surface area contributed by atoms with Crippen molar-refractivity contribution >= 4 is 43.3 Å². The maximum atomic E-state index is 9.93. The van der Waals surface area contributed by atoms with Crippen molar-refractivity contribution in [3.63, 3.8) is 0 Å². The van der Waals surface area contributed by atoms with E-state index >= 15 is 0 Å². The zero-order valence-corrected chi connectivity index (χ0v) is 13.0. The van der Waals surface area contributed by atoms with Gasteiger partial charge in [0.25, 0.3) is 0 Å². The molecule has 0 amide bonds. The van der Waals surface area contributed by atoms with Gasteiger partial charge in [0.1, 0.15) is 17.2 Å². The molecule has 0 aliphatic carbocycles. The van der Waals surface area contributed by atoms with Gasteiger partial charge in [0, 0.05) is 12.1 Å². The topological polar surface area (TPSA) is 85.7 Å². The van der Waals surface area contributed by atoms with Crippen LogP contribution >= 0.6 is 27.3 Å². The molecule has 9 heteroatoms. The molecule has 0 spiro atoms. The number of benzene rings is 1. The van der Waals surface area contributed by atoms with Crippen molar-refractivity contribution in [2.24, 2.45) is 0 Å². The van der Waals surface area contributed by atoms with Gasteiger partial charge < -0.3 is 14.3 Å². The first-order valence-electron chi connectivity index (χ1n) is 5.83. The fourth-order valence-corrected chi connectivity index (χ4v) is 3.21. The predicted molar refractivity (Wildman–Crippen MR) is 79.8 cm³/mol. The first-order valence-corrected chi connectivity index (χ1v) is 7.44. The van der Waals surface area contributed by atoms with Crippen LogP contribution in [0.5, 0.6) is 11.5 Å². The van der Waals surface area contributed by atoms with Crippen molar-refractivity contribution in [3.8, 4) is 23.1 Å². The molecule has 3 aromatic heterocycles. The summed E-state index contributed by atoms with van der Waals surface area (Å²) in [6, 6.07) is 3.15. The van der Waals surface area contributed by atoms with Crippen molar-refractivity contribution in [1.82, 2.24) is 19.6 Å². The molecule has 1 aromatic carbocycles. The van der Waals surface area contributed by atoms with E-state index in [9.17, 15) is 5.11 Å². The number of phenols is 1. The molecule has 0 fully saturated rings. The Balaban J connectivity index is 1.89. The van der Waals surface area contributed by atoms with Crippen molar-refractivity contribution in [2.75, 3.05) is 7.11 Å². The second-order valence-electron chi connectivity index (χ2n) is 4.22. The van der Waals surface area contributed by atoms with Crippen LogP contribution in [0.3, 0.4) is 0 Å². The molecule has 4 aromatic rings. The highest BCUT2D eigenvalue weighted by atomic mass is 79.9. The second kappa shape index (κ2) is 4.43. The van der Waals surface area contributed by atoms with Gasteiger partial charge >= 0.3 is 0 Å². The van der Waals surface area contributed by atoms with Crippen LogP contribution < -0.4 is 4.74 Å². The molecule has 7 nitrogen and oxygen atoms in total. The molecule has 1 N–H and O–H groups in total. The number of ether oxygens (including phenoxy) is 1. The number of fused-ring (bicyclic) bond motifs is 2. The number of aromatic hydroxyl groups is 1. The molecule has 0 aliphatic heterocycles. The number of aromatic nitrogens is 4. The summed E-state index contributed by atoms with van der Waals surface area (Å²) >= 11 is 4.70. The molecule has 0 unspecified atom stereocenters. The highest BCUT2D eigenvalue weighted by Crippen LogP contribution is 2.33. The lowest BCUT2D eigenvalue weighted by molar-refractivity contribution is 0.408. The fraction of sp³-hybridized carbons (Fsp3) is 0.0833. The summed E-state index contributed by atoms with van der Waals surface area (Å²) in [4.78, 5) is 9.39. The van der Waals surface area contributed by atoms with E-state index in [0.29, 0.717) is 28.4 Å². The second-order valence-corrected chi connectivity index (χ2v) is 6.45. The van der Waals surface area contributed by atoms with Crippen molar-refractivity contribution in [3.05, 3.63) is 22.2 Å². The van der Waals surface area contributed by atoms with Crippen molar-refractivity contribution < 1.29 is 14.3 Å². The summed E-state index contributed by atoms with van der Waals surface area (Å²) in [5.41, 5.74) is 1.36. The molecule has 0 atom stereocenters. The van der Waals surface area contributed by atoms with Crippen LogP contribution in [0.15, 0.2) is 26.7 Å². The van der Waals surface area contributed by atoms with E-state index in [0.717, 1.165) is 8.88 Å². The highest BCUT2D eigenvalue weighted by molar-refractivity contribution is 9.11. The Morgan fingerprint density at radius 2 is 2.24 bits per heavy atom. The maximum Gasteiger partial charge on any atom is 0.248 e. The zero-order chi connectivity index (χ0) is 14.6. The third-order valence-electron chi connectivity index (χ3n) is 2.92. The smallest absolute Gasteiger partial charge is 0.248 e. The number of methoxy groups -OCH3 is 1. The largest absolute Gasteiger partial charge is 0.505 e. The van der Waals surface area contributed by atoms with Crippen LogP contribution in [-0.2, 0) is 0 Å². The molecule has 3 heterocycles. The number of hydrogen-bond acceptors (Lipinski definition) is 7. The van der Waals surface area contributed by atoms with Gasteiger partial charge in [-0.3, -0.25) is 0 Å². The van der Waals surface area contributed by atoms with Crippen molar-refractivity contribution in [2.45, 2.75) is 0 Å². The van der Waals surface area contributed by atoms with Crippen LogP contribution in [-0.4, -0.2) is 31.8 Å². The van der Waals surface area contributed by atoms with Crippen LogP contribution in [0.1, 0.15) is 0 Å². The van der Waals surface area contributed by atoms with Gasteiger partial charge in [-0.2, -0.15) is 0 Å². The molecule has 4 rings (SSSR count). The lowest BCUT2D eigenvalue weighted by Gasteiger charge is -1.98. The Morgan fingerprint density at radius 3 is 3.00 bits per heavy atom. The number of hydrogen-bond donors (Lipinski definition) is 1. The van der Waals surface area contributed by atoms with Crippen LogP contribution in [0.25, 0.3) is 27.6 Å². The third kappa shape index (κ3) is 1.96. The summed E-state index contributed by atoms with van der Waals surface area (Å²) in [5, 5.41) is 14.1. The van der Waals surface area contributed by atoms with Crippen LogP contribution in [0, 0.1) is 0 Å². The van der Waals surface area contributed by atoms with Gasteiger partial charge in [-0.05, 0) is 15.9 Å². The van der Waals surface area contributed by atoms with E-state index in [2.05, 4.69) is 31.0 Å². The summed E-state index contributed by atoms with van der Waals surface area (Å²) in [6.07, 6.45) is 1.72. The van der Waals surface area contributed by atoms with Gasteiger partial charge in [0.05, 0.1) is 13.3 Å². The average Bonchev–Trinajstić information content (AvgIpc) is 3.09. The van der Waals surface area contributed by atoms with Gasteiger partial charge in [-0.25, -0.2) is 14.5 Å². The summed E-state index contributed by atoms with van der Waals surface area (Å²) in [6.45, 7) is 0. The predicted octanol–water partition coefficient (Wildman–Crippen LogP) is 3.08. The summed E-state index contributed by atoms with van der Waals surface area (Å²) < 4.78 is 13.1. The van der Waals surface area contributed by atoms with Crippen molar-refractivity contribution in [1.29, 1.82) is 0 Å². The maximum absolute atomic E-state index is 9.93. The molecule has 21 heavy (non-hydrogen) atoms. The Labute approximate surface area is 129 Å². The van der Waals surface area contributed by atoms with Gasteiger partial charge in [0.2, 0.25) is 10.9 Å². The zero-order valence-electron chi connectivity index (χ0n) is 10.6. The minimum absolute atomic E-state index is 0.00115. The van der Waals surface area contributed by atoms with Gasteiger partial charge in [0.15, 0.2) is 15.0 Å². The average molecular weight is 367 g/mol. The SMILES string of the molecule is COc1cc(O)c2nc(-c3cn4nc(Br)sc4n3)oc2c1. The standard InChI is InChI=1S/C12H7BrN4O3S/c1-19-5-2-7(18)9-8(3-5)20-10(15-9)6-4-17-12(14-6)21-11(13)16-17/h2-4,18H,1H3. The Bertz CT molecular complexity index is 942. The molecule has 0 bridgehead atoms. The highest BCUT2D eigenvalue weighted by Gasteiger charge is 2.17. The summed E-state index contributed by atoms with van der Waals surface area (Å²) in [7, 11) is 1.52. The molecule has 0 aliphatic rings. The van der Waals surface area contributed by atoms with Crippen LogP contribution in [0.2, 0.25) is 0 Å². The Kier molecular flexibility index (Phi) is 2.66. The Morgan fingerprint density at radius 1 is 1.38 bits per heavy atom. The monoisotopic (exact) mass is 366 g/mol. The van der Waals surface area contributed by atoms with E-state index in [-0.39, 0.29) is 5.75 Å². The van der Waals surface area contributed by atoms with Crippen LogP contribution in [0.4, 0.5) is 0 Å². The van der Waals surface area contributed by atoms with E-state index in [1.165, 1.54) is 24.5 Å². The molecular formula is C12H7BrN4O3S. The first kappa shape index (κ1) is 12.6. The molecule has 0 saturated carbocycles. The third-order valence-corrected chi connectivity index (χ3v) is 4.28. The lowest BCUT2D eigenvalue weighted by atomic mass is 10.3. The Hall–Kier alpha value is -2.13. The summed E-state index contributed by atoms with van der Waals surface area (Å²) in [5.74, 6) is 0.822. The molecule has 0 saturated heterocycles. The number of imidazole rings is 1. The number of rotatable bonds is 2.